The fourth-order valence-electron chi connectivity index (χ4n) is 3.38. The lowest BCUT2D eigenvalue weighted by molar-refractivity contribution is -0.155. The molecule has 3 N–H and O–H groups in total. The Morgan fingerprint density at radius 3 is 2.72 bits per heavy atom. The largest absolute Gasteiger partial charge is 0.397 e. The average Bonchev–Trinajstić information content (AvgIpc) is 2.65. The summed E-state index contributed by atoms with van der Waals surface area (Å²) in [5.41, 5.74) is 9.05. The lowest BCUT2D eigenvalue weighted by Gasteiger charge is -2.25. The summed E-state index contributed by atoms with van der Waals surface area (Å²) in [4.78, 5) is 33.7. The lowest BCUT2D eigenvalue weighted by Crippen LogP contribution is -2.33. The molecule has 3 rings (SSSR count). The Labute approximate surface area is 146 Å². The van der Waals surface area contributed by atoms with Gasteiger partial charge in [0, 0.05) is 5.39 Å². The van der Waals surface area contributed by atoms with Crippen molar-refractivity contribution in [1.82, 2.24) is 10.5 Å². The number of nitrogens with two attached hydrogens (primary N) is 1. The fraction of sp³-hybridized carbons (Fsp3) is 0.421. The highest BCUT2D eigenvalue weighted by Crippen LogP contribution is 2.30. The molecule has 1 aliphatic carbocycles. The van der Waals surface area contributed by atoms with Gasteiger partial charge in [0.15, 0.2) is 5.69 Å². The Morgan fingerprint density at radius 1 is 1.24 bits per heavy atom. The summed E-state index contributed by atoms with van der Waals surface area (Å²) >= 11 is 0. The molecule has 25 heavy (non-hydrogen) atoms. The molecule has 1 heterocycles. The molecule has 0 spiro atoms. The van der Waals surface area contributed by atoms with Crippen LogP contribution in [0.15, 0.2) is 30.3 Å². The molecule has 132 valence electrons. The number of hydrogen-bond acceptors (Lipinski definition) is 5. The monoisotopic (exact) mass is 341 g/mol. The maximum atomic E-state index is 12.3. The maximum Gasteiger partial charge on any atom is 0.335 e. The zero-order chi connectivity index (χ0) is 17.8. The van der Waals surface area contributed by atoms with E-state index in [0.29, 0.717) is 11.4 Å². The molecule has 1 saturated carbocycles. The number of para-hydroxylation sites is 1. The van der Waals surface area contributed by atoms with Crippen LogP contribution in [0.3, 0.4) is 0 Å². The van der Waals surface area contributed by atoms with Crippen LogP contribution < -0.4 is 11.2 Å². The van der Waals surface area contributed by atoms with Gasteiger partial charge >= 0.3 is 11.9 Å². The molecular weight excluding hydrogens is 318 g/mol. The number of nitrogens with one attached hydrogen (secondary N) is 1. The van der Waals surface area contributed by atoms with Crippen LogP contribution in [0.5, 0.6) is 0 Å². The Kier molecular flexibility index (Phi) is 5.16. The second-order valence-electron chi connectivity index (χ2n) is 6.66. The highest BCUT2D eigenvalue weighted by atomic mass is 16.7. The highest BCUT2D eigenvalue weighted by Gasteiger charge is 2.27. The van der Waals surface area contributed by atoms with E-state index in [4.69, 9.17) is 10.6 Å². The van der Waals surface area contributed by atoms with E-state index in [2.05, 4.69) is 10.5 Å². The Balaban J connectivity index is 1.64. The zero-order valence-electron chi connectivity index (χ0n) is 14.3. The smallest absolute Gasteiger partial charge is 0.335 e. The van der Waals surface area contributed by atoms with Gasteiger partial charge in [-0.3, -0.25) is 4.79 Å². The van der Waals surface area contributed by atoms with E-state index in [1.807, 2.05) is 25.1 Å². The van der Waals surface area contributed by atoms with Crippen LogP contribution in [0.2, 0.25) is 0 Å². The van der Waals surface area contributed by atoms with Gasteiger partial charge in [-0.05, 0) is 30.9 Å². The number of aromatic nitrogens is 1. The minimum Gasteiger partial charge on any atom is -0.397 e. The maximum absolute atomic E-state index is 12.3. The number of pyridine rings is 1. The number of carbonyl (C=O) groups excluding carboxylic acids is 2. The first-order valence-electron chi connectivity index (χ1n) is 8.72. The summed E-state index contributed by atoms with van der Waals surface area (Å²) in [5, 5.41) is 0.847. The number of nitrogen functional groups attached to an aromatic ring is 1. The molecule has 0 radical (unpaired) electrons. The van der Waals surface area contributed by atoms with Crippen molar-refractivity contribution in [2.45, 2.75) is 39.0 Å². The minimum atomic E-state index is -0.618. The number of nitrogens with zero attached hydrogens (tertiary/aromatic N) is 1. The van der Waals surface area contributed by atoms with Crippen molar-refractivity contribution < 1.29 is 14.4 Å². The van der Waals surface area contributed by atoms with E-state index in [0.717, 1.165) is 31.1 Å². The predicted molar refractivity (Wildman–Crippen MR) is 95.5 cm³/mol. The standard InChI is InChI=1S/C19H23N3O3/c1-12(13-7-3-2-4-8-13)19(24)25-22-18(23)17-15(20)11-14-9-5-6-10-16(14)21-17/h5-6,9-13H,2-4,7-8,20H2,1H3,(H,22,23)/t12-/m0/s1. The predicted octanol–water partition coefficient (Wildman–Crippen LogP) is 3.22. The highest BCUT2D eigenvalue weighted by molar-refractivity contribution is 6.00. The molecule has 0 unspecified atom stereocenters. The van der Waals surface area contributed by atoms with Crippen LogP contribution in [-0.2, 0) is 9.63 Å². The van der Waals surface area contributed by atoms with Crippen LogP contribution in [-0.4, -0.2) is 16.9 Å². The number of hydroxylamine groups is 1. The van der Waals surface area contributed by atoms with E-state index in [-0.39, 0.29) is 17.3 Å². The SMILES string of the molecule is C[C@H](C(=O)ONC(=O)c1nc2ccccc2cc1N)C1CCCCC1. The summed E-state index contributed by atoms with van der Waals surface area (Å²) in [6.07, 6.45) is 5.58. The molecule has 1 aliphatic rings. The molecule has 1 atom stereocenters. The van der Waals surface area contributed by atoms with Gasteiger partial charge in [0.2, 0.25) is 0 Å². The molecule has 6 heteroatoms. The molecule has 1 aromatic heterocycles. The molecular formula is C19H23N3O3. The number of fused-ring (bicyclic) bond motifs is 1. The van der Waals surface area contributed by atoms with Gasteiger partial charge in [-0.25, -0.2) is 9.78 Å². The van der Waals surface area contributed by atoms with Crippen molar-refractivity contribution in [3.05, 3.63) is 36.0 Å². The summed E-state index contributed by atoms with van der Waals surface area (Å²) in [6, 6.07) is 9.05. The number of anilines is 1. The first-order chi connectivity index (χ1) is 12.1. The van der Waals surface area contributed by atoms with Gasteiger partial charge in [-0.1, -0.05) is 44.4 Å². The lowest BCUT2D eigenvalue weighted by atomic mass is 9.81. The fourth-order valence-corrected chi connectivity index (χ4v) is 3.38. The number of amides is 1. The number of benzene rings is 1. The van der Waals surface area contributed by atoms with Gasteiger partial charge < -0.3 is 10.6 Å². The first kappa shape index (κ1) is 17.2. The normalized spacial score (nSPS) is 16.4. The molecule has 2 aromatic rings. The molecule has 1 fully saturated rings. The topological polar surface area (TPSA) is 94.3 Å². The van der Waals surface area contributed by atoms with Gasteiger partial charge in [0.1, 0.15) is 0 Å². The summed E-state index contributed by atoms with van der Waals surface area (Å²) in [6.45, 7) is 1.85. The third-order valence-electron chi connectivity index (χ3n) is 4.94. The minimum absolute atomic E-state index is 0.0526. The van der Waals surface area contributed by atoms with E-state index in [1.165, 1.54) is 6.42 Å². The van der Waals surface area contributed by atoms with Crippen LogP contribution in [0, 0.1) is 11.8 Å². The van der Waals surface area contributed by atoms with Crippen LogP contribution in [0.25, 0.3) is 10.9 Å². The molecule has 0 saturated heterocycles. The quantitative estimate of drug-likeness (QED) is 0.836. The Hall–Kier alpha value is -2.63. The van der Waals surface area contributed by atoms with Crippen molar-refractivity contribution in [2.75, 3.05) is 5.73 Å². The van der Waals surface area contributed by atoms with E-state index in [1.54, 1.807) is 12.1 Å². The third kappa shape index (κ3) is 3.90. The van der Waals surface area contributed by atoms with Gasteiger partial charge in [0.05, 0.1) is 17.1 Å². The summed E-state index contributed by atoms with van der Waals surface area (Å²) < 4.78 is 0. The van der Waals surface area contributed by atoms with Gasteiger partial charge in [-0.15, -0.1) is 0 Å². The van der Waals surface area contributed by atoms with E-state index in [9.17, 15) is 9.59 Å². The average molecular weight is 341 g/mol. The van der Waals surface area contributed by atoms with Crippen molar-refractivity contribution in [3.63, 3.8) is 0 Å². The Bertz CT molecular complexity index is 785. The van der Waals surface area contributed by atoms with Crippen molar-refractivity contribution in [2.24, 2.45) is 11.8 Å². The number of carbonyl (C=O) groups is 2. The first-order valence-corrected chi connectivity index (χ1v) is 8.72. The Morgan fingerprint density at radius 2 is 1.96 bits per heavy atom. The third-order valence-corrected chi connectivity index (χ3v) is 4.94. The number of rotatable bonds is 3. The van der Waals surface area contributed by atoms with Crippen LogP contribution in [0.1, 0.15) is 49.5 Å². The summed E-state index contributed by atoms with van der Waals surface area (Å²) in [7, 11) is 0. The van der Waals surface area contributed by atoms with Crippen LogP contribution >= 0.6 is 0 Å². The van der Waals surface area contributed by atoms with Gasteiger partial charge in [0.25, 0.3) is 0 Å². The van der Waals surface area contributed by atoms with Crippen molar-refractivity contribution in [1.29, 1.82) is 0 Å². The summed E-state index contributed by atoms with van der Waals surface area (Å²) in [5.74, 6) is -0.948. The molecule has 0 bridgehead atoms. The van der Waals surface area contributed by atoms with Crippen LogP contribution in [0.4, 0.5) is 5.69 Å². The molecule has 6 nitrogen and oxygen atoms in total. The molecule has 1 amide bonds. The zero-order valence-corrected chi connectivity index (χ0v) is 14.3. The second kappa shape index (κ2) is 7.51. The molecule has 1 aromatic carbocycles. The van der Waals surface area contributed by atoms with Crippen molar-refractivity contribution in [3.8, 4) is 0 Å². The second-order valence-corrected chi connectivity index (χ2v) is 6.66. The van der Waals surface area contributed by atoms with Crippen molar-refractivity contribution >= 4 is 28.5 Å². The van der Waals surface area contributed by atoms with E-state index >= 15 is 0 Å². The van der Waals surface area contributed by atoms with E-state index < -0.39 is 11.9 Å². The molecule has 0 aliphatic heterocycles. The number of hydrogen-bond donors (Lipinski definition) is 2. The van der Waals surface area contributed by atoms with Gasteiger partial charge in [-0.2, -0.15) is 5.48 Å².